The first kappa shape index (κ1) is 26.5. The second-order valence-electron chi connectivity index (χ2n) is 9.14. The first-order chi connectivity index (χ1) is 17.0. The number of carbonyl (C=O) groups excluding carboxylic acids is 1. The minimum atomic E-state index is -4.28. The molecule has 3 heterocycles. The normalized spacial score (nSPS) is 24.1. The number of carbonyl (C=O) groups is 1. The highest BCUT2D eigenvalue weighted by molar-refractivity contribution is 7.93. The zero-order chi connectivity index (χ0) is 26.1. The van der Waals surface area contributed by atoms with E-state index in [-0.39, 0.29) is 61.7 Å². The van der Waals surface area contributed by atoms with Gasteiger partial charge in [0.25, 0.3) is 0 Å². The lowest BCUT2D eigenvalue weighted by Crippen LogP contribution is -2.46. The van der Waals surface area contributed by atoms with Crippen LogP contribution in [0.5, 0.6) is 0 Å². The molecule has 1 aromatic rings. The van der Waals surface area contributed by atoms with Crippen LogP contribution in [0.15, 0.2) is 35.4 Å². The maximum atomic E-state index is 14.4. The van der Waals surface area contributed by atoms with Gasteiger partial charge in [0.05, 0.1) is 34.9 Å². The maximum absolute atomic E-state index is 14.4. The fourth-order valence-corrected chi connectivity index (χ4v) is 6.48. The van der Waals surface area contributed by atoms with Gasteiger partial charge in [-0.15, -0.1) is 0 Å². The van der Waals surface area contributed by atoms with E-state index in [9.17, 15) is 35.2 Å². The molecule has 36 heavy (non-hydrogen) atoms. The Morgan fingerprint density at radius 3 is 2.53 bits per heavy atom. The number of aromatic nitrogens is 1. The fraction of sp³-hybridized carbons (Fsp3) is 0.565. The van der Waals surface area contributed by atoms with Gasteiger partial charge in [-0.25, -0.2) is 17.2 Å². The summed E-state index contributed by atoms with van der Waals surface area (Å²) in [6.45, 7) is 0.123. The number of allylic oxidation sites excluding steroid dienone is 3. The lowest BCUT2D eigenvalue weighted by molar-refractivity contribution is -0.179. The summed E-state index contributed by atoms with van der Waals surface area (Å²) in [4.78, 5) is 18.3. The lowest BCUT2D eigenvalue weighted by Gasteiger charge is -2.34. The summed E-state index contributed by atoms with van der Waals surface area (Å²) < 4.78 is 93.6. The fourth-order valence-electron chi connectivity index (χ4n) is 4.74. The molecule has 0 aromatic carbocycles. The summed E-state index contributed by atoms with van der Waals surface area (Å²) >= 11 is 0. The molecule has 1 N–H and O–H groups in total. The summed E-state index contributed by atoms with van der Waals surface area (Å²) in [6, 6.07) is 0.436. The number of pyridine rings is 1. The maximum Gasteiger partial charge on any atom is 0.391 e. The van der Waals surface area contributed by atoms with E-state index < -0.39 is 46.1 Å². The quantitative estimate of drug-likeness (QED) is 0.565. The molecule has 2 unspecified atom stereocenters. The second kappa shape index (κ2) is 10.4. The second-order valence-corrected chi connectivity index (χ2v) is 11.0. The topological polar surface area (TPSA) is 82.6 Å². The van der Waals surface area contributed by atoms with Crippen LogP contribution < -0.4 is 10.2 Å². The molecule has 1 amide bonds. The van der Waals surface area contributed by atoms with Crippen molar-refractivity contribution in [2.75, 3.05) is 24.5 Å². The molecule has 1 aliphatic carbocycles. The highest BCUT2D eigenvalue weighted by Crippen LogP contribution is 2.36. The molecule has 0 spiro atoms. The van der Waals surface area contributed by atoms with Gasteiger partial charge < -0.3 is 10.2 Å². The first-order valence-electron chi connectivity index (χ1n) is 11.7. The SMILES string of the molecule is O=C(NCc1cc(N2CCC(C(F)(F)F)CC2)c(F)cn1)C1CCCN1S(=O)(=O)C1=CCC(F)C=C1. The van der Waals surface area contributed by atoms with Gasteiger partial charge in [-0.1, -0.05) is 6.08 Å². The van der Waals surface area contributed by atoms with Crippen molar-refractivity contribution in [3.05, 3.63) is 46.9 Å². The van der Waals surface area contributed by atoms with Crippen LogP contribution in [-0.4, -0.2) is 61.6 Å². The summed E-state index contributed by atoms with van der Waals surface area (Å²) in [5.41, 5.74) is 0.402. The van der Waals surface area contributed by atoms with E-state index in [0.29, 0.717) is 12.8 Å². The number of amides is 1. The van der Waals surface area contributed by atoms with Gasteiger partial charge in [-0.05, 0) is 43.9 Å². The molecule has 7 nitrogen and oxygen atoms in total. The Morgan fingerprint density at radius 1 is 1.17 bits per heavy atom. The minimum absolute atomic E-state index is 0.0409. The number of hydrogen-bond acceptors (Lipinski definition) is 5. The standard InChI is InChI=1S/C23H27F5N4O3S/c24-16-3-5-18(6-4-16)36(34,35)32-9-1-2-20(32)22(33)30-13-17-12-21(19(25)14-29-17)31-10-7-15(8-11-31)23(26,27)28/h3,5-6,12,14-16,20H,1-2,4,7-11,13H2,(H,30,33). The molecule has 2 aliphatic heterocycles. The smallest absolute Gasteiger partial charge is 0.369 e. The number of anilines is 1. The van der Waals surface area contributed by atoms with Crippen molar-refractivity contribution in [3.63, 3.8) is 0 Å². The summed E-state index contributed by atoms with van der Waals surface area (Å²) in [6.07, 6.45) is -0.431. The Balaban J connectivity index is 1.39. The van der Waals surface area contributed by atoms with Crippen LogP contribution in [0.1, 0.15) is 37.8 Å². The van der Waals surface area contributed by atoms with E-state index in [1.54, 1.807) is 0 Å². The highest BCUT2D eigenvalue weighted by atomic mass is 32.2. The number of rotatable bonds is 6. The Kier molecular flexibility index (Phi) is 7.69. The van der Waals surface area contributed by atoms with E-state index in [2.05, 4.69) is 10.3 Å². The van der Waals surface area contributed by atoms with E-state index in [1.165, 1.54) is 29.2 Å². The van der Waals surface area contributed by atoms with Gasteiger partial charge >= 0.3 is 6.18 Å². The molecular weight excluding hydrogens is 507 g/mol. The first-order valence-corrected chi connectivity index (χ1v) is 13.2. The van der Waals surface area contributed by atoms with Gasteiger partial charge in [-0.3, -0.25) is 9.78 Å². The predicted molar refractivity (Wildman–Crippen MR) is 122 cm³/mol. The van der Waals surface area contributed by atoms with Crippen molar-refractivity contribution in [2.45, 2.75) is 57.0 Å². The third kappa shape index (κ3) is 5.72. The third-order valence-corrected chi connectivity index (χ3v) is 8.71. The molecule has 1 aromatic heterocycles. The van der Waals surface area contributed by atoms with Crippen LogP contribution in [0, 0.1) is 11.7 Å². The van der Waals surface area contributed by atoms with Crippen molar-refractivity contribution in [2.24, 2.45) is 5.92 Å². The van der Waals surface area contributed by atoms with Crippen molar-refractivity contribution >= 4 is 21.6 Å². The Hall–Kier alpha value is -2.54. The zero-order valence-electron chi connectivity index (χ0n) is 19.3. The van der Waals surface area contributed by atoms with E-state index in [0.717, 1.165) is 10.5 Å². The van der Waals surface area contributed by atoms with Crippen LogP contribution in [0.25, 0.3) is 0 Å². The molecule has 2 saturated heterocycles. The van der Waals surface area contributed by atoms with Crippen molar-refractivity contribution in [3.8, 4) is 0 Å². The zero-order valence-corrected chi connectivity index (χ0v) is 20.2. The van der Waals surface area contributed by atoms with Crippen LogP contribution in [-0.2, 0) is 21.4 Å². The Labute approximate surface area is 206 Å². The molecule has 4 rings (SSSR count). The minimum Gasteiger partial charge on any atom is -0.369 e. The number of piperidine rings is 1. The van der Waals surface area contributed by atoms with E-state index in [1.807, 2.05) is 0 Å². The average molecular weight is 535 g/mol. The van der Waals surface area contributed by atoms with Crippen LogP contribution >= 0.6 is 0 Å². The molecule has 0 radical (unpaired) electrons. The molecule has 3 aliphatic rings. The predicted octanol–water partition coefficient (Wildman–Crippen LogP) is 3.59. The monoisotopic (exact) mass is 534 g/mol. The number of nitrogens with zero attached hydrogens (tertiary/aromatic N) is 3. The van der Waals surface area contributed by atoms with Crippen LogP contribution in [0.4, 0.5) is 27.6 Å². The number of halogens is 5. The molecule has 13 heteroatoms. The molecule has 2 fully saturated rings. The van der Waals surface area contributed by atoms with Gasteiger partial charge in [0.15, 0.2) is 5.82 Å². The van der Waals surface area contributed by atoms with Crippen molar-refractivity contribution in [1.82, 2.24) is 14.6 Å². The highest BCUT2D eigenvalue weighted by Gasteiger charge is 2.42. The number of sulfonamides is 1. The molecular formula is C23H27F5N4O3S. The van der Waals surface area contributed by atoms with Crippen LogP contribution in [0.2, 0.25) is 0 Å². The average Bonchev–Trinajstić information content (AvgIpc) is 3.34. The largest absolute Gasteiger partial charge is 0.391 e. The lowest BCUT2D eigenvalue weighted by atomic mass is 9.96. The molecule has 198 valence electrons. The van der Waals surface area contributed by atoms with E-state index in [4.69, 9.17) is 0 Å². The molecule has 2 atom stereocenters. The summed E-state index contributed by atoms with van der Waals surface area (Å²) in [7, 11) is -3.98. The van der Waals surface area contributed by atoms with Gasteiger partial charge in [-0.2, -0.15) is 17.5 Å². The van der Waals surface area contributed by atoms with Crippen molar-refractivity contribution in [1.29, 1.82) is 0 Å². The number of hydrogen-bond donors (Lipinski definition) is 1. The molecule has 0 bridgehead atoms. The summed E-state index contributed by atoms with van der Waals surface area (Å²) in [5.74, 6) is -2.63. The Morgan fingerprint density at radius 2 is 1.89 bits per heavy atom. The summed E-state index contributed by atoms with van der Waals surface area (Å²) in [5, 5.41) is 2.63. The van der Waals surface area contributed by atoms with Crippen molar-refractivity contribution < 1.29 is 35.2 Å². The Bertz CT molecular complexity index is 1150. The van der Waals surface area contributed by atoms with Gasteiger partial charge in [0.2, 0.25) is 15.9 Å². The van der Waals surface area contributed by atoms with Gasteiger partial charge in [0.1, 0.15) is 12.2 Å². The molecule has 0 saturated carbocycles. The van der Waals surface area contributed by atoms with E-state index >= 15 is 0 Å². The van der Waals surface area contributed by atoms with Gasteiger partial charge in [0, 0.05) is 26.1 Å². The number of nitrogens with one attached hydrogen (secondary N) is 1. The van der Waals surface area contributed by atoms with Crippen LogP contribution in [0.3, 0.4) is 0 Å². The number of alkyl halides is 4. The third-order valence-electron chi connectivity index (χ3n) is 6.76.